The first-order valence-corrected chi connectivity index (χ1v) is 7.41. The van der Waals surface area contributed by atoms with Crippen LogP contribution in [0.25, 0.3) is 0 Å². The SMILES string of the molecule is CCOc1ccc(Oc2ccc(C(N)=S)c(Br)c2F)cc1. The fraction of sp³-hybridized carbons (Fsp3) is 0.133. The molecule has 0 radical (unpaired) electrons. The Labute approximate surface area is 136 Å². The zero-order chi connectivity index (χ0) is 15.4. The smallest absolute Gasteiger partial charge is 0.180 e. The molecule has 0 aromatic heterocycles. The van der Waals surface area contributed by atoms with E-state index in [4.69, 9.17) is 27.4 Å². The fourth-order valence-corrected chi connectivity index (χ4v) is 2.54. The highest BCUT2D eigenvalue weighted by atomic mass is 79.9. The second-order valence-electron chi connectivity index (χ2n) is 4.11. The molecule has 2 aromatic rings. The van der Waals surface area contributed by atoms with E-state index in [9.17, 15) is 4.39 Å². The van der Waals surface area contributed by atoms with E-state index in [1.165, 1.54) is 6.07 Å². The third-order valence-corrected chi connectivity index (χ3v) is 3.67. The number of halogens is 2. The minimum atomic E-state index is -0.547. The summed E-state index contributed by atoms with van der Waals surface area (Å²) in [6, 6.07) is 10.0. The summed E-state index contributed by atoms with van der Waals surface area (Å²) in [4.78, 5) is 0.119. The van der Waals surface area contributed by atoms with Gasteiger partial charge in [0.05, 0.1) is 11.1 Å². The molecule has 0 aliphatic rings. The van der Waals surface area contributed by atoms with Gasteiger partial charge >= 0.3 is 0 Å². The van der Waals surface area contributed by atoms with E-state index in [1.807, 2.05) is 6.92 Å². The van der Waals surface area contributed by atoms with Crippen molar-refractivity contribution in [1.82, 2.24) is 0 Å². The third-order valence-electron chi connectivity index (χ3n) is 2.67. The molecule has 0 spiro atoms. The van der Waals surface area contributed by atoms with E-state index in [0.29, 0.717) is 17.9 Å². The van der Waals surface area contributed by atoms with Crippen molar-refractivity contribution in [2.75, 3.05) is 6.61 Å². The van der Waals surface area contributed by atoms with Crippen LogP contribution in [0.5, 0.6) is 17.2 Å². The fourth-order valence-electron chi connectivity index (χ4n) is 1.70. The van der Waals surface area contributed by atoms with Gasteiger partial charge in [-0.25, -0.2) is 4.39 Å². The number of hydrogen-bond donors (Lipinski definition) is 1. The maximum atomic E-state index is 14.2. The van der Waals surface area contributed by atoms with Crippen LogP contribution < -0.4 is 15.2 Å². The molecule has 2 N–H and O–H groups in total. The van der Waals surface area contributed by atoms with Crippen LogP contribution in [0, 0.1) is 5.82 Å². The number of ether oxygens (including phenoxy) is 2. The van der Waals surface area contributed by atoms with E-state index in [1.54, 1.807) is 30.3 Å². The van der Waals surface area contributed by atoms with Gasteiger partial charge in [0.2, 0.25) is 0 Å². The molecule has 2 rings (SSSR count). The van der Waals surface area contributed by atoms with Gasteiger partial charge < -0.3 is 15.2 Å². The first-order valence-electron chi connectivity index (χ1n) is 6.21. The van der Waals surface area contributed by atoms with Crippen LogP contribution >= 0.6 is 28.1 Å². The summed E-state index contributed by atoms with van der Waals surface area (Å²) in [7, 11) is 0. The Morgan fingerprint density at radius 1 is 1.19 bits per heavy atom. The molecule has 0 atom stereocenters. The summed E-state index contributed by atoms with van der Waals surface area (Å²) in [6.07, 6.45) is 0. The van der Waals surface area contributed by atoms with Crippen LogP contribution in [0.3, 0.4) is 0 Å². The second kappa shape index (κ2) is 6.87. The van der Waals surface area contributed by atoms with Crippen LogP contribution in [0.1, 0.15) is 12.5 Å². The summed E-state index contributed by atoms with van der Waals surface area (Å²) in [5.41, 5.74) is 5.94. The lowest BCUT2D eigenvalue weighted by Crippen LogP contribution is -2.11. The molecular formula is C15H13BrFNO2S. The van der Waals surface area contributed by atoms with Gasteiger partial charge in [0.1, 0.15) is 16.5 Å². The highest BCUT2D eigenvalue weighted by Crippen LogP contribution is 2.32. The largest absolute Gasteiger partial charge is 0.494 e. The lowest BCUT2D eigenvalue weighted by Gasteiger charge is -2.11. The van der Waals surface area contributed by atoms with Crippen molar-refractivity contribution in [3.63, 3.8) is 0 Å². The number of benzene rings is 2. The molecule has 0 saturated carbocycles. The summed E-state index contributed by atoms with van der Waals surface area (Å²) < 4.78 is 25.2. The van der Waals surface area contributed by atoms with Crippen LogP contribution in [0.2, 0.25) is 0 Å². The molecular weight excluding hydrogens is 357 g/mol. The highest BCUT2D eigenvalue weighted by Gasteiger charge is 2.14. The van der Waals surface area contributed by atoms with Crippen LogP contribution in [0.15, 0.2) is 40.9 Å². The van der Waals surface area contributed by atoms with Crippen LogP contribution in [-0.4, -0.2) is 11.6 Å². The second-order valence-corrected chi connectivity index (χ2v) is 5.34. The van der Waals surface area contributed by atoms with Gasteiger partial charge in [0.15, 0.2) is 11.6 Å². The Hall–Kier alpha value is -1.66. The topological polar surface area (TPSA) is 44.5 Å². The Balaban J connectivity index is 2.23. The lowest BCUT2D eigenvalue weighted by atomic mass is 10.2. The summed E-state index contributed by atoms with van der Waals surface area (Å²) in [5, 5.41) is 0. The molecule has 2 aromatic carbocycles. The normalized spacial score (nSPS) is 10.2. The zero-order valence-electron chi connectivity index (χ0n) is 11.2. The maximum Gasteiger partial charge on any atom is 0.180 e. The quantitative estimate of drug-likeness (QED) is 0.792. The van der Waals surface area contributed by atoms with Gasteiger partial charge in [-0.1, -0.05) is 12.2 Å². The monoisotopic (exact) mass is 369 g/mol. The van der Waals surface area contributed by atoms with Gasteiger partial charge in [-0.3, -0.25) is 0 Å². The van der Waals surface area contributed by atoms with E-state index in [2.05, 4.69) is 15.9 Å². The molecule has 0 fully saturated rings. The zero-order valence-corrected chi connectivity index (χ0v) is 13.6. The molecule has 0 heterocycles. The lowest BCUT2D eigenvalue weighted by molar-refractivity contribution is 0.339. The molecule has 110 valence electrons. The van der Waals surface area contributed by atoms with Gasteiger partial charge in [0.25, 0.3) is 0 Å². The number of rotatable bonds is 5. The standard InChI is InChI=1S/C15H13BrFNO2S/c1-2-19-9-3-5-10(6-4-9)20-12-8-7-11(15(18)21)13(16)14(12)17/h3-8H,2H2,1H3,(H2,18,21). The van der Waals surface area contributed by atoms with Gasteiger partial charge in [-0.05, 0) is 59.3 Å². The molecule has 0 aliphatic carbocycles. The first kappa shape index (κ1) is 15.7. The van der Waals surface area contributed by atoms with Gasteiger partial charge in [-0.2, -0.15) is 0 Å². The Morgan fingerprint density at radius 2 is 1.81 bits per heavy atom. The predicted molar refractivity (Wildman–Crippen MR) is 87.7 cm³/mol. The van der Waals surface area contributed by atoms with E-state index in [0.717, 1.165) is 5.75 Å². The van der Waals surface area contributed by atoms with Crippen molar-refractivity contribution in [3.05, 3.63) is 52.3 Å². The van der Waals surface area contributed by atoms with E-state index >= 15 is 0 Å². The van der Waals surface area contributed by atoms with Crippen molar-refractivity contribution in [1.29, 1.82) is 0 Å². The minimum absolute atomic E-state index is 0.0889. The van der Waals surface area contributed by atoms with Crippen molar-refractivity contribution >= 4 is 33.1 Å². The van der Waals surface area contributed by atoms with E-state index < -0.39 is 5.82 Å². The van der Waals surface area contributed by atoms with Gasteiger partial charge in [0, 0.05) is 5.56 Å². The predicted octanol–water partition coefficient (Wildman–Crippen LogP) is 4.41. The average molecular weight is 370 g/mol. The van der Waals surface area contributed by atoms with Gasteiger partial charge in [-0.15, -0.1) is 0 Å². The van der Waals surface area contributed by atoms with Crippen molar-refractivity contribution in [2.45, 2.75) is 6.92 Å². The minimum Gasteiger partial charge on any atom is -0.494 e. The number of thiocarbonyl (C=S) groups is 1. The molecule has 6 heteroatoms. The van der Waals surface area contributed by atoms with Crippen LogP contribution in [0.4, 0.5) is 4.39 Å². The van der Waals surface area contributed by atoms with Crippen molar-refractivity contribution in [3.8, 4) is 17.2 Å². The number of hydrogen-bond acceptors (Lipinski definition) is 3. The molecule has 0 saturated heterocycles. The third kappa shape index (κ3) is 3.71. The summed E-state index contributed by atoms with van der Waals surface area (Å²) >= 11 is 7.98. The summed E-state index contributed by atoms with van der Waals surface area (Å²) in [6.45, 7) is 2.49. The van der Waals surface area contributed by atoms with Crippen molar-refractivity contribution in [2.24, 2.45) is 5.73 Å². The number of nitrogens with two attached hydrogens (primary N) is 1. The molecule has 0 bridgehead atoms. The van der Waals surface area contributed by atoms with Crippen LogP contribution in [-0.2, 0) is 0 Å². The Kier molecular flexibility index (Phi) is 5.14. The molecule has 21 heavy (non-hydrogen) atoms. The maximum absolute atomic E-state index is 14.2. The summed E-state index contributed by atoms with van der Waals surface area (Å²) in [5.74, 6) is 0.780. The Bertz CT molecular complexity index is 661. The molecule has 0 amide bonds. The average Bonchev–Trinajstić information content (AvgIpc) is 2.46. The Morgan fingerprint density at radius 3 is 2.38 bits per heavy atom. The molecule has 0 unspecified atom stereocenters. The first-order chi connectivity index (χ1) is 10.0. The van der Waals surface area contributed by atoms with Crippen molar-refractivity contribution < 1.29 is 13.9 Å². The molecule has 0 aliphatic heterocycles. The molecule has 3 nitrogen and oxygen atoms in total. The van der Waals surface area contributed by atoms with E-state index in [-0.39, 0.29) is 15.2 Å². The highest BCUT2D eigenvalue weighted by molar-refractivity contribution is 9.10.